The number of nitrogens with one attached hydrogen (secondary N) is 1. The molecule has 106 valence electrons. The first-order valence-corrected chi connectivity index (χ1v) is 7.27. The van der Waals surface area contributed by atoms with E-state index in [0.29, 0.717) is 27.4 Å². The van der Waals surface area contributed by atoms with Gasteiger partial charge in [-0.15, -0.1) is 11.3 Å². The van der Waals surface area contributed by atoms with Gasteiger partial charge in [0.25, 0.3) is 0 Å². The number of nitrogens with zero attached hydrogens (tertiary/aromatic N) is 1. The lowest BCUT2D eigenvalue weighted by Crippen LogP contribution is -2.02. The highest BCUT2D eigenvalue weighted by Gasteiger charge is 2.22. The fraction of sp³-hybridized carbons (Fsp3) is 0.125. The molecule has 21 heavy (non-hydrogen) atoms. The van der Waals surface area contributed by atoms with Crippen molar-refractivity contribution >= 4 is 33.5 Å². The maximum absolute atomic E-state index is 12.2. The summed E-state index contributed by atoms with van der Waals surface area (Å²) in [4.78, 5) is 12.6. The van der Waals surface area contributed by atoms with E-state index in [1.807, 2.05) is 37.3 Å². The van der Waals surface area contributed by atoms with Crippen LogP contribution in [0.25, 0.3) is 0 Å². The fourth-order valence-corrected chi connectivity index (χ4v) is 2.87. The van der Waals surface area contributed by atoms with Gasteiger partial charge >= 0.3 is 0 Å². The molecule has 0 unspecified atom stereocenters. The minimum atomic E-state index is -0.197. The predicted molar refractivity (Wildman–Crippen MR) is 86.9 cm³/mol. The number of benzene rings is 1. The van der Waals surface area contributed by atoms with Gasteiger partial charge < -0.3 is 11.1 Å². The van der Waals surface area contributed by atoms with E-state index < -0.39 is 0 Å². The number of ketones is 1. The van der Waals surface area contributed by atoms with Gasteiger partial charge in [0, 0.05) is 5.69 Å². The lowest BCUT2D eigenvalue weighted by Gasteiger charge is -2.03. The zero-order chi connectivity index (χ0) is 15.4. The van der Waals surface area contributed by atoms with E-state index in [9.17, 15) is 10.1 Å². The molecule has 4 nitrogen and oxygen atoms in total. The van der Waals surface area contributed by atoms with Gasteiger partial charge in [0.15, 0.2) is 0 Å². The molecule has 0 radical (unpaired) electrons. The second-order valence-electron chi connectivity index (χ2n) is 4.44. The van der Waals surface area contributed by atoms with Gasteiger partial charge in [-0.1, -0.05) is 31.7 Å². The molecule has 5 heteroatoms. The summed E-state index contributed by atoms with van der Waals surface area (Å²) in [6.07, 6.45) is 0.555. The molecule has 1 aromatic heterocycles. The zero-order valence-electron chi connectivity index (χ0n) is 11.6. The third-order valence-corrected chi connectivity index (χ3v) is 4.16. The Balaban J connectivity index is 2.42. The Bertz CT molecular complexity index is 726. The number of rotatable bonds is 5. The topological polar surface area (TPSA) is 78.9 Å². The number of nitriles is 1. The van der Waals surface area contributed by atoms with Crippen molar-refractivity contribution in [1.29, 1.82) is 5.26 Å². The molecule has 3 N–H and O–H groups in total. The number of hydrogen-bond acceptors (Lipinski definition) is 5. The molecule has 0 bridgehead atoms. The highest BCUT2D eigenvalue weighted by Crippen LogP contribution is 2.38. The summed E-state index contributed by atoms with van der Waals surface area (Å²) in [5.41, 5.74) is 7.79. The number of thiophene rings is 1. The lowest BCUT2D eigenvalue weighted by atomic mass is 10.1. The molecule has 0 aliphatic rings. The monoisotopic (exact) mass is 297 g/mol. The number of carbonyl (C=O) groups excluding carboxylic acids is 1. The van der Waals surface area contributed by atoms with Crippen LogP contribution in [0.5, 0.6) is 0 Å². The maximum Gasteiger partial charge on any atom is 0.200 e. The Morgan fingerprint density at radius 3 is 2.67 bits per heavy atom. The van der Waals surface area contributed by atoms with Crippen molar-refractivity contribution in [2.75, 3.05) is 11.1 Å². The zero-order valence-corrected chi connectivity index (χ0v) is 12.5. The smallest absolute Gasteiger partial charge is 0.200 e. The second kappa shape index (κ2) is 6.25. The number of para-hydroxylation sites is 1. The largest absolute Gasteiger partial charge is 0.396 e. The number of anilines is 3. The van der Waals surface area contributed by atoms with E-state index in [1.54, 1.807) is 0 Å². The molecule has 0 spiro atoms. The Kier molecular flexibility index (Phi) is 4.41. The van der Waals surface area contributed by atoms with Gasteiger partial charge in [0.05, 0.1) is 5.69 Å². The second-order valence-corrected chi connectivity index (χ2v) is 5.46. The van der Waals surface area contributed by atoms with Gasteiger partial charge in [0.1, 0.15) is 21.5 Å². The molecule has 0 fully saturated rings. The van der Waals surface area contributed by atoms with Gasteiger partial charge in [-0.05, 0) is 24.1 Å². The van der Waals surface area contributed by atoms with Crippen molar-refractivity contribution in [2.24, 2.45) is 0 Å². The number of hydrogen-bond donors (Lipinski definition) is 2. The van der Waals surface area contributed by atoms with Crippen LogP contribution in [0.15, 0.2) is 42.5 Å². The van der Waals surface area contributed by atoms with Crippen LogP contribution in [-0.4, -0.2) is 5.78 Å². The number of allylic oxidation sites excluding steroid dienone is 1. The molecule has 0 saturated carbocycles. The van der Waals surface area contributed by atoms with Crippen molar-refractivity contribution in [3.8, 4) is 6.07 Å². The van der Waals surface area contributed by atoms with E-state index in [2.05, 4.69) is 18.0 Å². The maximum atomic E-state index is 12.2. The summed E-state index contributed by atoms with van der Waals surface area (Å²) in [5.74, 6) is -0.197. The quantitative estimate of drug-likeness (QED) is 0.643. The van der Waals surface area contributed by atoms with E-state index in [-0.39, 0.29) is 11.5 Å². The van der Waals surface area contributed by atoms with E-state index >= 15 is 0 Å². The lowest BCUT2D eigenvalue weighted by molar-refractivity contribution is 0.103. The minimum Gasteiger partial charge on any atom is -0.396 e. The highest BCUT2D eigenvalue weighted by atomic mass is 32.1. The molecule has 0 aliphatic carbocycles. The Labute approximate surface area is 127 Å². The average Bonchev–Trinajstić information content (AvgIpc) is 2.82. The first kappa shape index (κ1) is 14.8. The van der Waals surface area contributed by atoms with E-state index in [4.69, 9.17) is 5.73 Å². The first-order chi connectivity index (χ1) is 10.1. The molecule has 2 rings (SSSR count). The van der Waals surface area contributed by atoms with E-state index in [0.717, 1.165) is 5.69 Å². The number of Topliss-reactive ketones (excluding diaryl/α,β-unsaturated/α-hetero) is 1. The van der Waals surface area contributed by atoms with Crippen LogP contribution < -0.4 is 11.1 Å². The molecule has 1 heterocycles. The van der Waals surface area contributed by atoms with E-state index in [1.165, 1.54) is 11.3 Å². The number of carbonyl (C=O) groups is 1. The summed E-state index contributed by atoms with van der Waals surface area (Å²) in [6, 6.07) is 11.5. The third-order valence-electron chi connectivity index (χ3n) is 3.04. The number of nitrogen functional groups attached to an aromatic ring is 1. The normalized spacial score (nSPS) is 9.90. The van der Waals surface area contributed by atoms with Crippen LogP contribution in [-0.2, 0) is 0 Å². The van der Waals surface area contributed by atoms with Crippen molar-refractivity contribution in [3.05, 3.63) is 52.9 Å². The van der Waals surface area contributed by atoms with Gasteiger partial charge in [0.2, 0.25) is 5.78 Å². The fourth-order valence-electron chi connectivity index (χ4n) is 1.79. The van der Waals surface area contributed by atoms with Crippen molar-refractivity contribution < 1.29 is 4.79 Å². The molecule has 0 aliphatic heterocycles. The average molecular weight is 297 g/mol. The molecule has 0 amide bonds. The minimum absolute atomic E-state index is 0.197. The van der Waals surface area contributed by atoms with Crippen LogP contribution >= 0.6 is 11.3 Å². The summed E-state index contributed by atoms with van der Waals surface area (Å²) in [7, 11) is 0. The van der Waals surface area contributed by atoms with Crippen LogP contribution in [0.1, 0.15) is 28.6 Å². The highest BCUT2D eigenvalue weighted by molar-refractivity contribution is 7.19. The summed E-state index contributed by atoms with van der Waals surface area (Å²) < 4.78 is 0. The molecule has 0 atom stereocenters. The van der Waals surface area contributed by atoms with Crippen molar-refractivity contribution in [3.63, 3.8) is 0 Å². The number of nitrogens with two attached hydrogens (primary N) is 1. The van der Waals surface area contributed by atoms with Crippen LogP contribution in [0.3, 0.4) is 0 Å². The van der Waals surface area contributed by atoms with Crippen molar-refractivity contribution in [2.45, 2.75) is 13.3 Å². The van der Waals surface area contributed by atoms with Gasteiger partial charge in [-0.2, -0.15) is 5.26 Å². The molecular formula is C16H15N3OS. The molecule has 0 saturated heterocycles. The predicted octanol–water partition coefficient (Wildman–Crippen LogP) is 4.09. The first-order valence-electron chi connectivity index (χ1n) is 6.45. The molecular weight excluding hydrogens is 282 g/mol. The van der Waals surface area contributed by atoms with Crippen molar-refractivity contribution in [1.82, 2.24) is 0 Å². The SMILES string of the molecule is C=C(CC)C(=O)c1sc(Nc2ccccc2)c(C#N)c1N. The Morgan fingerprint density at radius 2 is 2.10 bits per heavy atom. The Morgan fingerprint density at radius 1 is 1.43 bits per heavy atom. The van der Waals surface area contributed by atoms with Crippen LogP contribution in [0.4, 0.5) is 16.4 Å². The summed E-state index contributed by atoms with van der Waals surface area (Å²) >= 11 is 1.19. The summed E-state index contributed by atoms with van der Waals surface area (Å²) in [5, 5.41) is 13.0. The Hall–Kier alpha value is -2.58. The third kappa shape index (κ3) is 2.96. The summed E-state index contributed by atoms with van der Waals surface area (Å²) in [6.45, 7) is 5.60. The van der Waals surface area contributed by atoms with Crippen LogP contribution in [0.2, 0.25) is 0 Å². The van der Waals surface area contributed by atoms with Crippen LogP contribution in [0, 0.1) is 11.3 Å². The van der Waals surface area contributed by atoms with Gasteiger partial charge in [-0.25, -0.2) is 0 Å². The molecule has 1 aromatic carbocycles. The van der Waals surface area contributed by atoms with Gasteiger partial charge in [-0.3, -0.25) is 4.79 Å². The standard InChI is InChI=1S/C16H15N3OS/c1-3-10(2)14(20)15-13(18)12(9-17)16(21-15)19-11-7-5-4-6-8-11/h4-8,19H,2-3,18H2,1H3. The molecule has 2 aromatic rings.